The molecule has 0 aromatic carbocycles. The molecule has 0 unspecified atom stereocenters. The van der Waals surface area contributed by atoms with Gasteiger partial charge in [-0.3, -0.25) is 4.79 Å². The average Bonchev–Trinajstić information content (AvgIpc) is 2.26. The predicted octanol–water partition coefficient (Wildman–Crippen LogP) is 1.56. The van der Waals surface area contributed by atoms with E-state index in [0.29, 0.717) is 5.57 Å². The molecule has 0 saturated heterocycles. The van der Waals surface area contributed by atoms with Crippen molar-refractivity contribution in [2.45, 2.75) is 12.8 Å². The molecule has 0 bridgehead atoms. The molecule has 1 amide bonds. The van der Waals surface area contributed by atoms with E-state index >= 15 is 0 Å². The first-order valence-corrected chi connectivity index (χ1v) is 4.06. The molecule has 0 radical (unpaired) electrons. The van der Waals surface area contributed by atoms with E-state index < -0.39 is 0 Å². The van der Waals surface area contributed by atoms with E-state index in [4.69, 9.17) is 0 Å². The Kier molecular flexibility index (Phi) is 2.86. The van der Waals surface area contributed by atoms with Gasteiger partial charge in [0.05, 0.1) is 0 Å². The SMILES string of the molecule is C=CC1=C(C=C)C(=O)NCCC1. The first kappa shape index (κ1) is 8.78. The van der Waals surface area contributed by atoms with Crippen LogP contribution >= 0.6 is 0 Å². The number of rotatable bonds is 2. The molecule has 1 heterocycles. The molecule has 1 aliphatic heterocycles. The molecule has 0 atom stereocenters. The summed E-state index contributed by atoms with van der Waals surface area (Å²) < 4.78 is 0. The van der Waals surface area contributed by atoms with E-state index in [-0.39, 0.29) is 5.91 Å². The molecule has 0 aliphatic carbocycles. The fraction of sp³-hybridized carbons (Fsp3) is 0.300. The zero-order valence-corrected chi connectivity index (χ0v) is 7.10. The average molecular weight is 163 g/mol. The van der Waals surface area contributed by atoms with Crippen LogP contribution in [-0.4, -0.2) is 12.5 Å². The van der Waals surface area contributed by atoms with Crippen LogP contribution in [0.15, 0.2) is 36.5 Å². The minimum Gasteiger partial charge on any atom is -0.352 e. The number of hydrogen-bond acceptors (Lipinski definition) is 1. The van der Waals surface area contributed by atoms with Crippen molar-refractivity contribution in [2.75, 3.05) is 6.54 Å². The predicted molar refractivity (Wildman–Crippen MR) is 49.7 cm³/mol. The number of allylic oxidation sites excluding steroid dienone is 2. The van der Waals surface area contributed by atoms with Gasteiger partial charge in [-0.1, -0.05) is 25.3 Å². The molecule has 2 nitrogen and oxygen atoms in total. The van der Waals surface area contributed by atoms with Gasteiger partial charge < -0.3 is 5.32 Å². The zero-order chi connectivity index (χ0) is 8.97. The Bertz CT molecular complexity index is 251. The van der Waals surface area contributed by atoms with Crippen LogP contribution in [0.5, 0.6) is 0 Å². The van der Waals surface area contributed by atoms with Crippen LogP contribution in [0.1, 0.15) is 12.8 Å². The molecule has 0 spiro atoms. The van der Waals surface area contributed by atoms with Crippen LogP contribution in [0, 0.1) is 0 Å². The van der Waals surface area contributed by atoms with Crippen molar-refractivity contribution in [3.63, 3.8) is 0 Å². The summed E-state index contributed by atoms with van der Waals surface area (Å²) in [5.74, 6) is -0.0302. The van der Waals surface area contributed by atoms with Crippen LogP contribution < -0.4 is 5.32 Å². The summed E-state index contributed by atoms with van der Waals surface area (Å²) in [6, 6.07) is 0. The molecule has 1 N–H and O–H groups in total. The minimum atomic E-state index is -0.0302. The topological polar surface area (TPSA) is 29.1 Å². The highest BCUT2D eigenvalue weighted by Gasteiger charge is 2.13. The second-order valence-electron chi connectivity index (χ2n) is 2.71. The van der Waals surface area contributed by atoms with Crippen LogP contribution in [0.4, 0.5) is 0 Å². The lowest BCUT2D eigenvalue weighted by Crippen LogP contribution is -2.23. The first-order chi connectivity index (χ1) is 5.79. The normalized spacial score (nSPS) is 18.2. The third kappa shape index (κ3) is 1.64. The van der Waals surface area contributed by atoms with Gasteiger partial charge in [-0.15, -0.1) is 0 Å². The third-order valence-corrected chi connectivity index (χ3v) is 1.95. The molecule has 0 aromatic heterocycles. The second kappa shape index (κ2) is 3.90. The van der Waals surface area contributed by atoms with Crippen LogP contribution in [-0.2, 0) is 4.79 Å². The van der Waals surface area contributed by atoms with Gasteiger partial charge in [0.1, 0.15) is 0 Å². The van der Waals surface area contributed by atoms with Crippen LogP contribution in [0.2, 0.25) is 0 Å². The van der Waals surface area contributed by atoms with Crippen molar-refractivity contribution >= 4 is 5.91 Å². The maximum atomic E-state index is 11.3. The van der Waals surface area contributed by atoms with E-state index in [0.717, 1.165) is 25.0 Å². The smallest absolute Gasteiger partial charge is 0.251 e. The molecular weight excluding hydrogens is 150 g/mol. The Balaban J connectivity index is 3.02. The molecule has 1 rings (SSSR count). The molecule has 0 saturated carbocycles. The number of nitrogens with one attached hydrogen (secondary N) is 1. The van der Waals surface area contributed by atoms with Crippen molar-refractivity contribution < 1.29 is 4.79 Å². The molecule has 64 valence electrons. The van der Waals surface area contributed by atoms with Crippen molar-refractivity contribution in [3.8, 4) is 0 Å². The lowest BCUT2D eigenvalue weighted by molar-refractivity contribution is -0.117. The standard InChI is InChI=1S/C10H13NO/c1-3-8-6-5-7-11-10(12)9(8)4-2/h3-4H,1-2,5-7H2,(H,11,12). The Morgan fingerprint density at radius 1 is 1.33 bits per heavy atom. The Labute approximate surface area is 72.7 Å². The summed E-state index contributed by atoms with van der Waals surface area (Å²) in [6.07, 6.45) is 5.22. The van der Waals surface area contributed by atoms with Crippen molar-refractivity contribution in [3.05, 3.63) is 36.5 Å². The summed E-state index contributed by atoms with van der Waals surface area (Å²) in [5, 5.41) is 2.79. The monoisotopic (exact) mass is 163 g/mol. The fourth-order valence-corrected chi connectivity index (χ4v) is 1.29. The summed E-state index contributed by atoms with van der Waals surface area (Å²) in [6.45, 7) is 8.02. The van der Waals surface area contributed by atoms with E-state index in [1.165, 1.54) is 0 Å². The minimum absolute atomic E-state index is 0.0302. The molecule has 12 heavy (non-hydrogen) atoms. The molecule has 0 aromatic rings. The van der Waals surface area contributed by atoms with Crippen molar-refractivity contribution in [2.24, 2.45) is 0 Å². The Morgan fingerprint density at radius 3 is 2.67 bits per heavy atom. The van der Waals surface area contributed by atoms with Gasteiger partial charge >= 0.3 is 0 Å². The lowest BCUT2D eigenvalue weighted by Gasteiger charge is -2.01. The van der Waals surface area contributed by atoms with E-state index in [9.17, 15) is 4.79 Å². The maximum Gasteiger partial charge on any atom is 0.251 e. The van der Waals surface area contributed by atoms with Gasteiger partial charge in [0.25, 0.3) is 5.91 Å². The van der Waals surface area contributed by atoms with Gasteiger partial charge in [0.2, 0.25) is 0 Å². The number of hydrogen-bond donors (Lipinski definition) is 1. The summed E-state index contributed by atoms with van der Waals surface area (Å²) in [5.41, 5.74) is 1.67. The lowest BCUT2D eigenvalue weighted by atomic mass is 10.0. The maximum absolute atomic E-state index is 11.3. The highest BCUT2D eigenvalue weighted by molar-refractivity contribution is 5.97. The van der Waals surface area contributed by atoms with E-state index in [1.807, 2.05) is 0 Å². The van der Waals surface area contributed by atoms with Crippen molar-refractivity contribution in [1.82, 2.24) is 5.32 Å². The van der Waals surface area contributed by atoms with Gasteiger partial charge in [0, 0.05) is 12.1 Å². The fourth-order valence-electron chi connectivity index (χ4n) is 1.29. The summed E-state index contributed by atoms with van der Waals surface area (Å²) in [7, 11) is 0. The molecular formula is C10H13NO. The molecule has 1 aliphatic rings. The Hall–Kier alpha value is -1.31. The van der Waals surface area contributed by atoms with E-state index in [1.54, 1.807) is 12.2 Å². The summed E-state index contributed by atoms with van der Waals surface area (Å²) in [4.78, 5) is 11.3. The zero-order valence-electron chi connectivity index (χ0n) is 7.10. The molecule has 2 heteroatoms. The van der Waals surface area contributed by atoms with Crippen LogP contribution in [0.3, 0.4) is 0 Å². The van der Waals surface area contributed by atoms with Crippen LogP contribution in [0.25, 0.3) is 0 Å². The van der Waals surface area contributed by atoms with Gasteiger partial charge in [-0.2, -0.15) is 0 Å². The largest absolute Gasteiger partial charge is 0.352 e. The van der Waals surface area contributed by atoms with E-state index in [2.05, 4.69) is 18.5 Å². The van der Waals surface area contributed by atoms with Gasteiger partial charge in [-0.05, 0) is 18.4 Å². The second-order valence-corrected chi connectivity index (χ2v) is 2.71. The van der Waals surface area contributed by atoms with Crippen molar-refractivity contribution in [1.29, 1.82) is 0 Å². The first-order valence-electron chi connectivity index (χ1n) is 4.06. The Morgan fingerprint density at radius 2 is 2.08 bits per heavy atom. The molecule has 0 fully saturated rings. The summed E-state index contributed by atoms with van der Waals surface area (Å²) >= 11 is 0. The van der Waals surface area contributed by atoms with Gasteiger partial charge in [-0.25, -0.2) is 0 Å². The quantitative estimate of drug-likeness (QED) is 0.657. The highest BCUT2D eigenvalue weighted by atomic mass is 16.1. The number of amides is 1. The number of carbonyl (C=O) groups excluding carboxylic acids is 1. The number of carbonyl (C=O) groups is 1. The highest BCUT2D eigenvalue weighted by Crippen LogP contribution is 2.15. The van der Waals surface area contributed by atoms with Gasteiger partial charge in [0.15, 0.2) is 0 Å². The third-order valence-electron chi connectivity index (χ3n) is 1.95.